The maximum Gasteiger partial charge on any atom is 0.136 e. The van der Waals surface area contributed by atoms with Crippen molar-refractivity contribution in [2.75, 3.05) is 0 Å². The Morgan fingerprint density at radius 3 is 1.75 bits per heavy atom. The lowest BCUT2D eigenvalue weighted by Gasteiger charge is -2.20. The van der Waals surface area contributed by atoms with Gasteiger partial charge in [-0.2, -0.15) is 0 Å². The lowest BCUT2D eigenvalue weighted by atomic mass is 9.82. The van der Waals surface area contributed by atoms with E-state index in [-0.39, 0.29) is 32.7 Å². The highest BCUT2D eigenvalue weighted by atomic mass is 16.3. The third kappa shape index (κ3) is 4.28. The molecular formula is C50H30O. The summed E-state index contributed by atoms with van der Waals surface area (Å²) in [4.78, 5) is 0. The molecule has 0 N–H and O–H groups in total. The minimum Gasteiger partial charge on any atom is -0.456 e. The molecule has 0 atom stereocenters. The van der Waals surface area contributed by atoms with Crippen LogP contribution in [0.2, 0.25) is 0 Å². The summed E-state index contributed by atoms with van der Waals surface area (Å²) in [7, 11) is 0. The van der Waals surface area contributed by atoms with Gasteiger partial charge in [0.1, 0.15) is 11.2 Å². The first-order valence-corrected chi connectivity index (χ1v) is 16.4. The van der Waals surface area contributed by atoms with Crippen LogP contribution in [0, 0.1) is 0 Å². The topological polar surface area (TPSA) is 13.1 Å². The van der Waals surface area contributed by atoms with Crippen LogP contribution in [0.4, 0.5) is 0 Å². The number of fused-ring (bicyclic) bond motifs is 9. The number of furan rings is 1. The van der Waals surface area contributed by atoms with Gasteiger partial charge in [0.05, 0.1) is 20.6 Å². The molecule has 0 radical (unpaired) electrons. The zero-order valence-electron chi connectivity index (χ0n) is 41.6. The summed E-state index contributed by atoms with van der Waals surface area (Å²) in [6, 6.07) is 18.6. The van der Waals surface area contributed by atoms with E-state index in [0.29, 0.717) is 33.2 Å². The fourth-order valence-corrected chi connectivity index (χ4v) is 7.45. The maximum absolute atomic E-state index is 9.61. The molecule has 1 heterocycles. The van der Waals surface area contributed by atoms with Crippen molar-refractivity contribution in [3.05, 3.63) is 182 Å². The second kappa shape index (κ2) is 10.9. The molecule has 0 saturated carbocycles. The van der Waals surface area contributed by atoms with Crippen LogP contribution in [0.25, 0.3) is 109 Å². The maximum atomic E-state index is 9.61. The van der Waals surface area contributed by atoms with Gasteiger partial charge in [0.15, 0.2) is 0 Å². The van der Waals surface area contributed by atoms with Gasteiger partial charge in [-0.25, -0.2) is 0 Å². The van der Waals surface area contributed by atoms with Crippen molar-refractivity contribution >= 4 is 75.8 Å². The highest BCUT2D eigenvalue weighted by Crippen LogP contribution is 2.48. The molecule has 1 heteroatoms. The van der Waals surface area contributed by atoms with Gasteiger partial charge in [-0.05, 0) is 124 Å². The Kier molecular flexibility index (Phi) is 3.70. The first-order chi connectivity index (χ1) is 31.5. The third-order valence-electron chi connectivity index (χ3n) is 9.70. The SMILES string of the molecule is [2H]c1c([2H])c([2H])c2c([2H])c(-c3c4c([2H])c([2H])c([2H])c([2H])c4c(-c4cc5ccccc5cc4-c4ccc5c(c4)oc4ccc6ccccc6c45)c4c([2H])c([2H])c([2H])c([2H])c34)c([2H])c([2H])c2c1[2H]. The second-order valence-corrected chi connectivity index (χ2v) is 12.5. The van der Waals surface area contributed by atoms with Crippen LogP contribution >= 0.6 is 0 Å². The van der Waals surface area contributed by atoms with E-state index >= 15 is 0 Å². The predicted molar refractivity (Wildman–Crippen MR) is 218 cm³/mol. The molecule has 0 amide bonds. The van der Waals surface area contributed by atoms with Gasteiger partial charge in [0.2, 0.25) is 0 Å². The van der Waals surface area contributed by atoms with Crippen LogP contribution in [0.5, 0.6) is 0 Å². The summed E-state index contributed by atoms with van der Waals surface area (Å²) < 4.78 is 143. The Hall–Kier alpha value is -6.70. The van der Waals surface area contributed by atoms with Crippen LogP contribution < -0.4 is 0 Å². The molecule has 0 fully saturated rings. The van der Waals surface area contributed by atoms with E-state index in [1.807, 2.05) is 84.9 Å². The molecule has 0 unspecified atom stereocenters. The number of hydrogen-bond donors (Lipinski definition) is 0. The van der Waals surface area contributed by atoms with E-state index in [1.165, 1.54) is 0 Å². The molecule has 236 valence electrons. The first-order valence-electron chi connectivity index (χ1n) is 23.9. The molecule has 11 rings (SSSR count). The summed E-state index contributed by atoms with van der Waals surface area (Å²) in [5, 5.41) is 3.45. The van der Waals surface area contributed by atoms with Crippen molar-refractivity contribution in [2.45, 2.75) is 0 Å². The lowest BCUT2D eigenvalue weighted by molar-refractivity contribution is 0.669. The van der Waals surface area contributed by atoms with Crippen molar-refractivity contribution < 1.29 is 25.0 Å². The minimum atomic E-state index is -0.744. The standard InChI is InChI=1S/C50H30O/c1-2-13-33-27-37(22-21-31(33)11-1)48-39-17-7-9-19-41(39)49(42-20-10-8-18-40(42)48)45-29-35-15-4-3-14-34(35)28-44(45)36-23-25-43-47(30-36)51-46-26-24-32-12-5-6-16-38(32)50(43)46/h1-30H/i1D,2D,7D,8D,9D,10D,11D,13D,17D,18D,19D,20D,21D,22D,27D. The van der Waals surface area contributed by atoms with Crippen LogP contribution in [-0.2, 0) is 0 Å². The Bertz CT molecular complexity index is 3980. The highest BCUT2D eigenvalue weighted by Gasteiger charge is 2.21. The van der Waals surface area contributed by atoms with E-state index in [0.717, 1.165) is 26.9 Å². The van der Waals surface area contributed by atoms with E-state index in [4.69, 9.17) is 16.8 Å². The molecule has 0 aliphatic rings. The fourth-order valence-electron chi connectivity index (χ4n) is 7.45. The van der Waals surface area contributed by atoms with Crippen molar-refractivity contribution in [1.82, 2.24) is 0 Å². The average Bonchev–Trinajstić information content (AvgIpc) is 3.71. The van der Waals surface area contributed by atoms with Crippen LogP contribution in [0.15, 0.2) is 186 Å². The predicted octanol–water partition coefficient (Wildman–Crippen LogP) is 14.4. The van der Waals surface area contributed by atoms with Gasteiger partial charge >= 0.3 is 0 Å². The smallest absolute Gasteiger partial charge is 0.136 e. The van der Waals surface area contributed by atoms with Crippen molar-refractivity contribution in [3.63, 3.8) is 0 Å². The number of rotatable bonds is 3. The summed E-state index contributed by atoms with van der Waals surface area (Å²) >= 11 is 0. The van der Waals surface area contributed by atoms with E-state index in [1.54, 1.807) is 6.07 Å². The molecule has 0 bridgehead atoms. The quantitative estimate of drug-likeness (QED) is 0.172. The number of hydrogen-bond acceptors (Lipinski definition) is 1. The summed E-state index contributed by atoms with van der Waals surface area (Å²) in [5.41, 5.74) is 1.83. The minimum absolute atomic E-state index is 0.0195. The fraction of sp³-hybridized carbons (Fsp3) is 0. The molecule has 11 aromatic rings. The molecule has 0 aliphatic carbocycles. The van der Waals surface area contributed by atoms with E-state index in [9.17, 15) is 8.22 Å². The Balaban J connectivity index is 1.37. The van der Waals surface area contributed by atoms with Gasteiger partial charge < -0.3 is 4.42 Å². The van der Waals surface area contributed by atoms with Crippen molar-refractivity contribution in [3.8, 4) is 33.4 Å². The Labute approximate surface area is 315 Å². The van der Waals surface area contributed by atoms with Gasteiger partial charge in [0, 0.05) is 10.8 Å². The zero-order valence-corrected chi connectivity index (χ0v) is 26.6. The third-order valence-corrected chi connectivity index (χ3v) is 9.70. The molecule has 10 aromatic carbocycles. The molecule has 0 aliphatic heterocycles. The monoisotopic (exact) mass is 661 g/mol. The van der Waals surface area contributed by atoms with Crippen molar-refractivity contribution in [1.29, 1.82) is 0 Å². The Morgan fingerprint density at radius 2 is 1.00 bits per heavy atom. The number of benzene rings is 10. The van der Waals surface area contributed by atoms with Gasteiger partial charge in [0.25, 0.3) is 0 Å². The summed E-state index contributed by atoms with van der Waals surface area (Å²) in [6.45, 7) is 0. The normalized spacial score (nSPS) is 16.0. The second-order valence-electron chi connectivity index (χ2n) is 12.5. The Morgan fingerprint density at radius 1 is 0.373 bits per heavy atom. The molecular weight excluding hydrogens is 617 g/mol. The van der Waals surface area contributed by atoms with Crippen LogP contribution in [0.1, 0.15) is 20.6 Å². The highest BCUT2D eigenvalue weighted by molar-refractivity contribution is 6.24. The molecule has 0 saturated heterocycles. The van der Waals surface area contributed by atoms with E-state index < -0.39 is 107 Å². The van der Waals surface area contributed by atoms with E-state index in [2.05, 4.69) is 0 Å². The summed E-state index contributed by atoms with van der Waals surface area (Å²) in [6.07, 6.45) is 0. The van der Waals surface area contributed by atoms with Crippen LogP contribution in [-0.4, -0.2) is 0 Å². The largest absolute Gasteiger partial charge is 0.456 e. The lowest BCUT2D eigenvalue weighted by Crippen LogP contribution is -1.93. The van der Waals surface area contributed by atoms with Crippen molar-refractivity contribution in [2.24, 2.45) is 0 Å². The van der Waals surface area contributed by atoms with Gasteiger partial charge in [-0.15, -0.1) is 0 Å². The van der Waals surface area contributed by atoms with Crippen LogP contribution in [0.3, 0.4) is 0 Å². The molecule has 1 nitrogen and oxygen atoms in total. The molecule has 51 heavy (non-hydrogen) atoms. The first kappa shape index (κ1) is 17.3. The average molecular weight is 662 g/mol. The van der Waals surface area contributed by atoms with Gasteiger partial charge in [-0.1, -0.05) is 145 Å². The van der Waals surface area contributed by atoms with Gasteiger partial charge in [-0.3, -0.25) is 0 Å². The molecule has 0 spiro atoms. The summed E-state index contributed by atoms with van der Waals surface area (Å²) in [5.74, 6) is 0. The zero-order chi connectivity index (χ0) is 46.5. The molecule has 1 aromatic heterocycles.